The van der Waals surface area contributed by atoms with Crippen molar-refractivity contribution in [1.82, 2.24) is 10.2 Å². The molecule has 108 valence electrons. The maximum atomic E-state index is 12.0. The van der Waals surface area contributed by atoms with E-state index in [1.165, 1.54) is 0 Å². The van der Waals surface area contributed by atoms with Crippen LogP contribution < -0.4 is 5.32 Å². The molecule has 2 rings (SSSR count). The molecule has 0 spiro atoms. The van der Waals surface area contributed by atoms with E-state index in [0.717, 1.165) is 25.7 Å². The summed E-state index contributed by atoms with van der Waals surface area (Å²) in [5.74, 6) is -0.617. The lowest BCUT2D eigenvalue weighted by Gasteiger charge is -2.33. The highest BCUT2D eigenvalue weighted by atomic mass is 16.4. The summed E-state index contributed by atoms with van der Waals surface area (Å²) in [6.45, 7) is 2.94. The van der Waals surface area contributed by atoms with Gasteiger partial charge in [-0.25, -0.2) is 9.59 Å². The van der Waals surface area contributed by atoms with E-state index in [2.05, 4.69) is 5.32 Å². The summed E-state index contributed by atoms with van der Waals surface area (Å²) in [6, 6.07) is -1.04. The van der Waals surface area contributed by atoms with Crippen LogP contribution in [0.1, 0.15) is 32.6 Å². The molecule has 6 heteroatoms. The van der Waals surface area contributed by atoms with E-state index < -0.39 is 12.0 Å². The van der Waals surface area contributed by atoms with Crippen LogP contribution in [0.25, 0.3) is 0 Å². The van der Waals surface area contributed by atoms with Crippen LogP contribution >= 0.6 is 0 Å². The summed E-state index contributed by atoms with van der Waals surface area (Å²) in [5, 5.41) is 21.2. The maximum absolute atomic E-state index is 12.0. The second-order valence-corrected chi connectivity index (χ2v) is 5.67. The van der Waals surface area contributed by atoms with E-state index in [-0.39, 0.29) is 24.0 Å². The van der Waals surface area contributed by atoms with E-state index in [1.54, 1.807) is 11.8 Å². The highest BCUT2D eigenvalue weighted by Gasteiger charge is 2.38. The van der Waals surface area contributed by atoms with Gasteiger partial charge in [0.05, 0.1) is 6.10 Å². The number of aliphatic carboxylic acids is 1. The number of aliphatic hydroxyl groups excluding tert-OH is 1. The Morgan fingerprint density at radius 1 is 1.16 bits per heavy atom. The van der Waals surface area contributed by atoms with Crippen LogP contribution in [-0.4, -0.2) is 52.3 Å². The summed E-state index contributed by atoms with van der Waals surface area (Å²) < 4.78 is 0. The Morgan fingerprint density at radius 2 is 1.74 bits per heavy atom. The SMILES string of the molecule is CC(O)C1CCN(C(=O)NC(C(=O)O)C2CC2)CC1. The molecule has 1 aliphatic carbocycles. The molecule has 0 bridgehead atoms. The number of hydrogen-bond acceptors (Lipinski definition) is 3. The summed E-state index contributed by atoms with van der Waals surface area (Å²) in [6.07, 6.45) is 2.95. The van der Waals surface area contributed by atoms with Crippen LogP contribution in [0.15, 0.2) is 0 Å². The predicted octanol–water partition coefficient (Wildman–Crippen LogP) is 0.652. The molecular weight excluding hydrogens is 248 g/mol. The fraction of sp³-hybridized carbons (Fsp3) is 0.846. The number of carbonyl (C=O) groups is 2. The minimum absolute atomic E-state index is 0.0939. The average Bonchev–Trinajstić information content (AvgIpc) is 3.19. The van der Waals surface area contributed by atoms with Gasteiger partial charge in [-0.05, 0) is 44.4 Å². The topological polar surface area (TPSA) is 89.9 Å². The number of carboxylic acid groups (broad SMARTS) is 1. The van der Waals surface area contributed by atoms with Crippen molar-refractivity contribution in [1.29, 1.82) is 0 Å². The van der Waals surface area contributed by atoms with Crippen molar-refractivity contribution in [3.8, 4) is 0 Å². The fourth-order valence-corrected chi connectivity index (χ4v) is 2.62. The molecule has 1 heterocycles. The Labute approximate surface area is 112 Å². The molecule has 0 aromatic rings. The first-order valence-corrected chi connectivity index (χ1v) is 6.95. The molecule has 1 saturated carbocycles. The summed E-state index contributed by atoms with van der Waals surface area (Å²) >= 11 is 0. The number of amides is 2. The number of rotatable bonds is 4. The molecule has 0 aromatic carbocycles. The highest BCUT2D eigenvalue weighted by molar-refractivity contribution is 5.83. The van der Waals surface area contributed by atoms with Crippen molar-refractivity contribution in [2.75, 3.05) is 13.1 Å². The van der Waals surface area contributed by atoms with Crippen LogP contribution in [0.3, 0.4) is 0 Å². The summed E-state index contributed by atoms with van der Waals surface area (Å²) in [4.78, 5) is 24.7. The lowest BCUT2D eigenvalue weighted by atomic mass is 9.92. The molecule has 2 amide bonds. The first kappa shape index (κ1) is 14.1. The van der Waals surface area contributed by atoms with E-state index in [1.807, 2.05) is 0 Å². The number of urea groups is 1. The van der Waals surface area contributed by atoms with E-state index >= 15 is 0 Å². The van der Waals surface area contributed by atoms with Crippen LogP contribution in [0.2, 0.25) is 0 Å². The van der Waals surface area contributed by atoms with Crippen molar-refractivity contribution < 1.29 is 19.8 Å². The Morgan fingerprint density at radius 3 is 2.16 bits per heavy atom. The molecule has 19 heavy (non-hydrogen) atoms. The molecule has 0 aromatic heterocycles. The molecule has 3 N–H and O–H groups in total. The lowest BCUT2D eigenvalue weighted by Crippen LogP contribution is -2.51. The van der Waals surface area contributed by atoms with E-state index in [4.69, 9.17) is 5.11 Å². The number of carbonyl (C=O) groups excluding carboxylic acids is 1. The van der Waals surface area contributed by atoms with Gasteiger partial charge in [0, 0.05) is 13.1 Å². The number of piperidine rings is 1. The first-order valence-electron chi connectivity index (χ1n) is 6.95. The molecule has 2 unspecified atom stereocenters. The molecule has 2 atom stereocenters. The Balaban J connectivity index is 1.82. The normalized spacial score (nSPS) is 23.8. The predicted molar refractivity (Wildman–Crippen MR) is 68.7 cm³/mol. The largest absolute Gasteiger partial charge is 0.480 e. The van der Waals surface area contributed by atoms with Crippen LogP contribution in [0.5, 0.6) is 0 Å². The smallest absolute Gasteiger partial charge is 0.326 e. The number of hydrogen-bond donors (Lipinski definition) is 3. The van der Waals surface area contributed by atoms with Gasteiger partial charge in [0.25, 0.3) is 0 Å². The number of nitrogens with one attached hydrogen (secondary N) is 1. The second-order valence-electron chi connectivity index (χ2n) is 5.67. The molecule has 2 fully saturated rings. The quantitative estimate of drug-likeness (QED) is 0.699. The molecule has 2 aliphatic rings. The van der Waals surface area contributed by atoms with Crippen molar-refractivity contribution in [3.63, 3.8) is 0 Å². The van der Waals surface area contributed by atoms with Crippen molar-refractivity contribution >= 4 is 12.0 Å². The standard InChI is InChI=1S/C13H22N2O4/c1-8(16)9-4-6-15(7-5-9)13(19)14-11(12(17)18)10-2-3-10/h8-11,16H,2-7H2,1H3,(H,14,19)(H,17,18). The Kier molecular flexibility index (Phi) is 4.29. The molecule has 6 nitrogen and oxygen atoms in total. The maximum Gasteiger partial charge on any atom is 0.326 e. The van der Waals surface area contributed by atoms with Gasteiger partial charge >= 0.3 is 12.0 Å². The van der Waals surface area contributed by atoms with Crippen LogP contribution in [0.4, 0.5) is 4.79 Å². The minimum atomic E-state index is -0.949. The van der Waals surface area contributed by atoms with Gasteiger partial charge in [-0.3, -0.25) is 0 Å². The lowest BCUT2D eigenvalue weighted by molar-refractivity contribution is -0.139. The van der Waals surface area contributed by atoms with E-state index in [0.29, 0.717) is 13.1 Å². The number of nitrogens with zero attached hydrogens (tertiary/aromatic N) is 1. The third-order valence-corrected chi connectivity index (χ3v) is 4.15. The Bertz CT molecular complexity index is 347. The van der Waals surface area contributed by atoms with E-state index in [9.17, 15) is 14.7 Å². The third-order valence-electron chi connectivity index (χ3n) is 4.15. The zero-order valence-electron chi connectivity index (χ0n) is 11.2. The molecule has 0 radical (unpaired) electrons. The Hall–Kier alpha value is -1.30. The van der Waals surface area contributed by atoms with Crippen LogP contribution in [0, 0.1) is 11.8 Å². The van der Waals surface area contributed by atoms with Gasteiger partial charge in [0.2, 0.25) is 0 Å². The molecule has 1 saturated heterocycles. The zero-order valence-corrected chi connectivity index (χ0v) is 11.2. The van der Waals surface area contributed by atoms with Gasteiger partial charge in [-0.2, -0.15) is 0 Å². The summed E-state index contributed by atoms with van der Waals surface area (Å²) in [5.41, 5.74) is 0. The van der Waals surface area contributed by atoms with Gasteiger partial charge in [-0.1, -0.05) is 0 Å². The third kappa shape index (κ3) is 3.59. The fourth-order valence-electron chi connectivity index (χ4n) is 2.62. The van der Waals surface area contributed by atoms with Crippen molar-refractivity contribution in [3.05, 3.63) is 0 Å². The zero-order chi connectivity index (χ0) is 14.0. The number of carboxylic acids is 1. The van der Waals surface area contributed by atoms with Gasteiger partial charge in [-0.15, -0.1) is 0 Å². The average molecular weight is 270 g/mol. The number of likely N-dealkylation sites (tertiary alicyclic amines) is 1. The minimum Gasteiger partial charge on any atom is -0.480 e. The second kappa shape index (κ2) is 5.77. The van der Waals surface area contributed by atoms with Gasteiger partial charge < -0.3 is 20.4 Å². The monoisotopic (exact) mass is 270 g/mol. The van der Waals surface area contributed by atoms with Crippen molar-refractivity contribution in [2.45, 2.75) is 44.8 Å². The van der Waals surface area contributed by atoms with Gasteiger partial charge in [0.1, 0.15) is 6.04 Å². The molecular formula is C13H22N2O4. The van der Waals surface area contributed by atoms with Crippen LogP contribution in [-0.2, 0) is 4.79 Å². The van der Waals surface area contributed by atoms with Gasteiger partial charge in [0.15, 0.2) is 0 Å². The van der Waals surface area contributed by atoms with Crippen molar-refractivity contribution in [2.24, 2.45) is 11.8 Å². The summed E-state index contributed by atoms with van der Waals surface area (Å²) in [7, 11) is 0. The number of aliphatic hydroxyl groups is 1. The first-order chi connectivity index (χ1) is 8.99. The molecule has 1 aliphatic heterocycles. The highest BCUT2D eigenvalue weighted by Crippen LogP contribution is 2.33.